The third kappa shape index (κ3) is 2.82. The molecule has 0 bridgehead atoms. The van der Waals surface area contributed by atoms with Crippen LogP contribution < -0.4 is 4.74 Å². The summed E-state index contributed by atoms with van der Waals surface area (Å²) in [4.78, 5) is 8.25. The number of nitrogens with zero attached hydrogens (tertiary/aromatic N) is 3. The molecule has 0 aromatic carbocycles. The van der Waals surface area contributed by atoms with E-state index in [1.807, 2.05) is 23.9 Å². The van der Waals surface area contributed by atoms with Crippen LogP contribution >= 0.6 is 15.9 Å². The second-order valence-corrected chi connectivity index (χ2v) is 4.31. The lowest BCUT2D eigenvalue weighted by atomic mass is 10.4. The molecular formula is C11H12BrN3O. The average molecular weight is 282 g/mol. The molecule has 0 aliphatic heterocycles. The maximum absolute atomic E-state index is 5.57. The number of aromatic nitrogens is 3. The first kappa shape index (κ1) is 11.1. The zero-order valence-electron chi connectivity index (χ0n) is 8.93. The van der Waals surface area contributed by atoms with Gasteiger partial charge in [0.25, 0.3) is 0 Å². The van der Waals surface area contributed by atoms with Crippen molar-refractivity contribution in [3.63, 3.8) is 0 Å². The van der Waals surface area contributed by atoms with Crippen molar-refractivity contribution in [3.05, 3.63) is 41.2 Å². The van der Waals surface area contributed by atoms with Crippen LogP contribution in [0.3, 0.4) is 0 Å². The maximum atomic E-state index is 5.57. The molecule has 84 valence electrons. The quantitative estimate of drug-likeness (QED) is 0.863. The number of hydrogen-bond donors (Lipinski definition) is 0. The van der Waals surface area contributed by atoms with Crippen LogP contribution in [-0.2, 0) is 13.5 Å². The van der Waals surface area contributed by atoms with Crippen LogP contribution in [0.1, 0.15) is 5.82 Å². The van der Waals surface area contributed by atoms with Gasteiger partial charge in [-0.3, -0.25) is 4.98 Å². The molecule has 2 aromatic rings. The Kier molecular flexibility index (Phi) is 3.56. The second kappa shape index (κ2) is 5.12. The number of imidazole rings is 1. The normalized spacial score (nSPS) is 10.4. The molecular weight excluding hydrogens is 270 g/mol. The highest BCUT2D eigenvalue weighted by Crippen LogP contribution is 2.15. The van der Waals surface area contributed by atoms with Crippen LogP contribution in [0.15, 0.2) is 35.3 Å². The molecule has 0 aliphatic rings. The fourth-order valence-corrected chi connectivity index (χ4v) is 1.71. The molecule has 0 unspecified atom stereocenters. The van der Waals surface area contributed by atoms with E-state index in [4.69, 9.17) is 4.74 Å². The van der Waals surface area contributed by atoms with Gasteiger partial charge in [-0.2, -0.15) is 0 Å². The summed E-state index contributed by atoms with van der Waals surface area (Å²) >= 11 is 3.35. The molecule has 0 fully saturated rings. The van der Waals surface area contributed by atoms with Gasteiger partial charge >= 0.3 is 0 Å². The van der Waals surface area contributed by atoms with Crippen molar-refractivity contribution in [2.24, 2.45) is 7.05 Å². The lowest BCUT2D eigenvalue weighted by Crippen LogP contribution is -2.06. The van der Waals surface area contributed by atoms with E-state index in [2.05, 4.69) is 25.9 Å². The molecule has 0 atom stereocenters. The first-order valence-corrected chi connectivity index (χ1v) is 5.74. The molecule has 0 radical (unpaired) electrons. The zero-order valence-corrected chi connectivity index (χ0v) is 10.5. The Hall–Kier alpha value is -1.36. The van der Waals surface area contributed by atoms with Crippen molar-refractivity contribution >= 4 is 15.9 Å². The van der Waals surface area contributed by atoms with E-state index in [1.54, 1.807) is 18.6 Å². The highest BCUT2D eigenvalue weighted by atomic mass is 79.9. The van der Waals surface area contributed by atoms with E-state index < -0.39 is 0 Å². The van der Waals surface area contributed by atoms with Crippen molar-refractivity contribution in [1.29, 1.82) is 0 Å². The van der Waals surface area contributed by atoms with Crippen molar-refractivity contribution in [2.75, 3.05) is 6.61 Å². The Morgan fingerprint density at radius 2 is 2.31 bits per heavy atom. The molecule has 0 saturated heterocycles. The molecule has 16 heavy (non-hydrogen) atoms. The number of hydrogen-bond acceptors (Lipinski definition) is 3. The first-order valence-electron chi connectivity index (χ1n) is 4.95. The van der Waals surface area contributed by atoms with Gasteiger partial charge in [0.05, 0.1) is 12.8 Å². The summed E-state index contributed by atoms with van der Waals surface area (Å²) < 4.78 is 8.48. The number of aryl methyl sites for hydroxylation is 1. The summed E-state index contributed by atoms with van der Waals surface area (Å²) in [5.41, 5.74) is 0. The van der Waals surface area contributed by atoms with E-state index in [0.29, 0.717) is 6.61 Å². The summed E-state index contributed by atoms with van der Waals surface area (Å²) in [6.07, 6.45) is 7.93. The SMILES string of the molecule is Cn1ccnc1CCOc1cncc(Br)c1. The molecule has 0 aliphatic carbocycles. The van der Waals surface area contributed by atoms with E-state index in [-0.39, 0.29) is 0 Å². The van der Waals surface area contributed by atoms with Gasteiger partial charge in [-0.15, -0.1) is 0 Å². The molecule has 2 heterocycles. The molecule has 0 spiro atoms. The van der Waals surface area contributed by atoms with Crippen molar-refractivity contribution < 1.29 is 4.74 Å². The zero-order chi connectivity index (χ0) is 11.4. The van der Waals surface area contributed by atoms with Gasteiger partial charge in [0.2, 0.25) is 0 Å². The summed E-state index contributed by atoms with van der Waals surface area (Å²) in [6, 6.07) is 1.89. The minimum atomic E-state index is 0.600. The van der Waals surface area contributed by atoms with Gasteiger partial charge < -0.3 is 9.30 Å². The van der Waals surface area contributed by atoms with Crippen LogP contribution in [0.4, 0.5) is 0 Å². The molecule has 0 saturated carbocycles. The minimum absolute atomic E-state index is 0.600. The molecule has 4 nitrogen and oxygen atoms in total. The Morgan fingerprint density at radius 3 is 3.00 bits per heavy atom. The lowest BCUT2D eigenvalue weighted by molar-refractivity contribution is 0.316. The Balaban J connectivity index is 1.87. The van der Waals surface area contributed by atoms with Crippen LogP contribution in [0.2, 0.25) is 0 Å². The van der Waals surface area contributed by atoms with Crippen molar-refractivity contribution in [1.82, 2.24) is 14.5 Å². The fourth-order valence-electron chi connectivity index (χ4n) is 1.37. The van der Waals surface area contributed by atoms with Gasteiger partial charge in [-0.25, -0.2) is 4.98 Å². The average Bonchev–Trinajstić information content (AvgIpc) is 2.65. The summed E-state index contributed by atoms with van der Waals surface area (Å²) in [6.45, 7) is 0.600. The number of ether oxygens (including phenoxy) is 1. The molecule has 2 aromatic heterocycles. The fraction of sp³-hybridized carbons (Fsp3) is 0.273. The second-order valence-electron chi connectivity index (χ2n) is 3.39. The van der Waals surface area contributed by atoms with E-state index in [9.17, 15) is 0 Å². The van der Waals surface area contributed by atoms with Crippen molar-refractivity contribution in [3.8, 4) is 5.75 Å². The minimum Gasteiger partial charge on any atom is -0.491 e. The monoisotopic (exact) mass is 281 g/mol. The third-order valence-corrected chi connectivity index (χ3v) is 2.63. The van der Waals surface area contributed by atoms with E-state index in [1.165, 1.54) is 0 Å². The van der Waals surface area contributed by atoms with Gasteiger partial charge in [0.1, 0.15) is 11.6 Å². The highest BCUT2D eigenvalue weighted by Gasteiger charge is 2.00. The van der Waals surface area contributed by atoms with Crippen molar-refractivity contribution in [2.45, 2.75) is 6.42 Å². The topological polar surface area (TPSA) is 39.9 Å². The standard InChI is InChI=1S/C11H12BrN3O/c1-15-4-3-14-11(15)2-5-16-10-6-9(12)7-13-8-10/h3-4,6-8H,2,5H2,1H3. The predicted octanol–water partition coefficient (Wildman–Crippen LogP) is 2.20. The number of halogens is 1. The molecule has 2 rings (SSSR count). The molecule has 0 amide bonds. The van der Waals surface area contributed by atoms with Crippen LogP contribution in [-0.4, -0.2) is 21.1 Å². The third-order valence-electron chi connectivity index (χ3n) is 2.20. The molecule has 5 heteroatoms. The van der Waals surface area contributed by atoms with E-state index in [0.717, 1.165) is 22.5 Å². The van der Waals surface area contributed by atoms with Gasteiger partial charge in [0.15, 0.2) is 0 Å². The summed E-state index contributed by atoms with van der Waals surface area (Å²) in [7, 11) is 1.98. The van der Waals surface area contributed by atoms with Crippen LogP contribution in [0, 0.1) is 0 Å². The predicted molar refractivity (Wildman–Crippen MR) is 64.3 cm³/mol. The van der Waals surface area contributed by atoms with Crippen LogP contribution in [0.25, 0.3) is 0 Å². The van der Waals surface area contributed by atoms with Gasteiger partial charge in [-0.05, 0) is 22.0 Å². The lowest BCUT2D eigenvalue weighted by Gasteiger charge is -2.05. The number of rotatable bonds is 4. The first-order chi connectivity index (χ1) is 7.75. The van der Waals surface area contributed by atoms with Gasteiger partial charge in [-0.1, -0.05) is 0 Å². The maximum Gasteiger partial charge on any atom is 0.138 e. The van der Waals surface area contributed by atoms with Crippen LogP contribution in [0.5, 0.6) is 5.75 Å². The number of pyridine rings is 1. The Labute approximate surface area is 102 Å². The largest absolute Gasteiger partial charge is 0.491 e. The Bertz CT molecular complexity index is 470. The molecule has 0 N–H and O–H groups in total. The summed E-state index contributed by atoms with van der Waals surface area (Å²) in [5, 5.41) is 0. The smallest absolute Gasteiger partial charge is 0.138 e. The Morgan fingerprint density at radius 1 is 1.44 bits per heavy atom. The highest BCUT2D eigenvalue weighted by molar-refractivity contribution is 9.10. The van der Waals surface area contributed by atoms with Gasteiger partial charge in [0, 0.05) is 36.5 Å². The van der Waals surface area contributed by atoms with E-state index >= 15 is 0 Å². The summed E-state index contributed by atoms with van der Waals surface area (Å²) in [5.74, 6) is 1.78.